The summed E-state index contributed by atoms with van der Waals surface area (Å²) in [6, 6.07) is 0. The Morgan fingerprint density at radius 3 is 2.25 bits per heavy atom. The molecular formula is C18H36O2. The van der Waals surface area contributed by atoms with Crippen LogP contribution in [-0.2, 0) is 9.53 Å². The van der Waals surface area contributed by atoms with E-state index in [0.717, 1.165) is 25.2 Å². The molecule has 0 aromatic rings. The van der Waals surface area contributed by atoms with Crippen LogP contribution < -0.4 is 0 Å². The summed E-state index contributed by atoms with van der Waals surface area (Å²) in [6.07, 6.45) is 11.4. The van der Waals surface area contributed by atoms with Gasteiger partial charge in [0.2, 0.25) is 0 Å². The van der Waals surface area contributed by atoms with E-state index in [1.54, 1.807) is 0 Å². The lowest BCUT2D eigenvalue weighted by atomic mass is 10.0. The number of carbonyl (C=O) groups is 1. The molecule has 0 amide bonds. The highest BCUT2D eigenvalue weighted by Gasteiger charge is 2.09. The van der Waals surface area contributed by atoms with E-state index in [4.69, 9.17) is 4.74 Å². The van der Waals surface area contributed by atoms with Crippen LogP contribution >= 0.6 is 0 Å². The smallest absolute Gasteiger partial charge is 0.305 e. The number of hydrogen-bond acceptors (Lipinski definition) is 2. The predicted molar refractivity (Wildman–Crippen MR) is 86.8 cm³/mol. The monoisotopic (exact) mass is 284 g/mol. The number of hydrogen-bond donors (Lipinski definition) is 0. The molecule has 0 N–H and O–H groups in total. The maximum Gasteiger partial charge on any atom is 0.305 e. The first-order chi connectivity index (χ1) is 9.60. The molecule has 2 nitrogen and oxygen atoms in total. The molecule has 1 atom stereocenters. The van der Waals surface area contributed by atoms with E-state index < -0.39 is 0 Å². The van der Waals surface area contributed by atoms with E-state index in [1.165, 1.54) is 38.5 Å². The summed E-state index contributed by atoms with van der Waals surface area (Å²) < 4.78 is 5.40. The van der Waals surface area contributed by atoms with Gasteiger partial charge in [-0.1, -0.05) is 72.6 Å². The van der Waals surface area contributed by atoms with Gasteiger partial charge in [0.25, 0.3) is 0 Å². The quantitative estimate of drug-likeness (QED) is 0.318. The lowest BCUT2D eigenvalue weighted by Gasteiger charge is -2.14. The zero-order valence-corrected chi connectivity index (χ0v) is 14.2. The maximum atomic E-state index is 11.7. The summed E-state index contributed by atoms with van der Waals surface area (Å²) in [7, 11) is 0. The molecule has 0 aliphatic rings. The first-order valence-corrected chi connectivity index (χ1v) is 8.75. The minimum atomic E-state index is 0.00353. The van der Waals surface area contributed by atoms with Crippen LogP contribution in [0.5, 0.6) is 0 Å². The van der Waals surface area contributed by atoms with Gasteiger partial charge >= 0.3 is 5.97 Å². The van der Waals surface area contributed by atoms with Crippen LogP contribution in [0.15, 0.2) is 0 Å². The van der Waals surface area contributed by atoms with Crippen molar-refractivity contribution >= 4 is 5.97 Å². The van der Waals surface area contributed by atoms with Crippen molar-refractivity contribution in [1.29, 1.82) is 0 Å². The summed E-state index contributed by atoms with van der Waals surface area (Å²) in [6.45, 7) is 9.55. The minimum absolute atomic E-state index is 0.00353. The molecule has 0 aromatic carbocycles. The van der Waals surface area contributed by atoms with Crippen molar-refractivity contribution in [3.05, 3.63) is 0 Å². The van der Waals surface area contributed by atoms with Crippen LogP contribution in [0.3, 0.4) is 0 Å². The predicted octanol–water partition coefficient (Wildman–Crippen LogP) is 5.74. The average molecular weight is 284 g/mol. The molecule has 0 radical (unpaired) electrons. The second-order valence-corrected chi connectivity index (χ2v) is 6.45. The summed E-state index contributed by atoms with van der Waals surface area (Å²) in [5, 5.41) is 0. The third kappa shape index (κ3) is 12.5. The van der Waals surface area contributed by atoms with E-state index in [2.05, 4.69) is 27.7 Å². The van der Waals surface area contributed by atoms with Crippen LogP contribution in [0.2, 0.25) is 0 Å². The summed E-state index contributed by atoms with van der Waals surface area (Å²) in [5.41, 5.74) is 0. The Morgan fingerprint density at radius 1 is 0.950 bits per heavy atom. The molecule has 120 valence electrons. The van der Waals surface area contributed by atoms with Gasteiger partial charge in [0.15, 0.2) is 0 Å². The molecule has 0 aliphatic heterocycles. The van der Waals surface area contributed by atoms with Crippen molar-refractivity contribution in [2.45, 2.75) is 91.9 Å². The Balaban J connectivity index is 3.48. The molecule has 0 aliphatic carbocycles. The molecule has 0 aromatic heterocycles. The lowest BCUT2D eigenvalue weighted by molar-refractivity contribution is -0.145. The Kier molecular flexibility index (Phi) is 13.1. The Morgan fingerprint density at radius 2 is 1.65 bits per heavy atom. The fourth-order valence-electron chi connectivity index (χ4n) is 2.36. The normalized spacial score (nSPS) is 12.7. The van der Waals surface area contributed by atoms with Crippen molar-refractivity contribution < 1.29 is 9.53 Å². The van der Waals surface area contributed by atoms with Crippen LogP contribution in [0.25, 0.3) is 0 Å². The van der Waals surface area contributed by atoms with Gasteiger partial charge in [0.05, 0.1) is 6.61 Å². The van der Waals surface area contributed by atoms with Gasteiger partial charge in [0, 0.05) is 6.42 Å². The van der Waals surface area contributed by atoms with Crippen molar-refractivity contribution in [2.75, 3.05) is 6.61 Å². The highest BCUT2D eigenvalue weighted by Crippen LogP contribution is 2.14. The first-order valence-electron chi connectivity index (χ1n) is 8.75. The Labute approximate surface area is 126 Å². The van der Waals surface area contributed by atoms with E-state index in [1.807, 2.05) is 0 Å². The van der Waals surface area contributed by atoms with Gasteiger partial charge in [-0.05, 0) is 24.7 Å². The van der Waals surface area contributed by atoms with Crippen molar-refractivity contribution in [2.24, 2.45) is 11.8 Å². The minimum Gasteiger partial charge on any atom is -0.465 e. The molecule has 0 spiro atoms. The summed E-state index contributed by atoms with van der Waals surface area (Å²) >= 11 is 0. The maximum absolute atomic E-state index is 11.7. The zero-order valence-electron chi connectivity index (χ0n) is 14.2. The molecule has 2 heteroatoms. The standard InChI is InChI=1S/C18H36O2/c1-5-7-13-17(6-2)15-20-18(19)14-11-9-8-10-12-16(3)4/h16-17H,5-15H2,1-4H3. The van der Waals surface area contributed by atoms with Gasteiger partial charge in [-0.2, -0.15) is 0 Å². The number of rotatable bonds is 13. The van der Waals surface area contributed by atoms with Crippen molar-refractivity contribution in [1.82, 2.24) is 0 Å². The molecule has 0 fully saturated rings. The zero-order chi connectivity index (χ0) is 15.2. The van der Waals surface area contributed by atoms with Gasteiger partial charge in [0.1, 0.15) is 0 Å². The molecule has 0 bridgehead atoms. The first kappa shape index (κ1) is 19.5. The number of ether oxygens (including phenoxy) is 1. The average Bonchev–Trinajstić information content (AvgIpc) is 2.42. The molecule has 0 saturated carbocycles. The molecule has 20 heavy (non-hydrogen) atoms. The largest absolute Gasteiger partial charge is 0.465 e. The highest BCUT2D eigenvalue weighted by atomic mass is 16.5. The van der Waals surface area contributed by atoms with Crippen LogP contribution in [0, 0.1) is 11.8 Å². The number of esters is 1. The van der Waals surface area contributed by atoms with Gasteiger partial charge < -0.3 is 4.74 Å². The van der Waals surface area contributed by atoms with Crippen LogP contribution in [-0.4, -0.2) is 12.6 Å². The molecule has 0 saturated heterocycles. The third-order valence-corrected chi connectivity index (χ3v) is 3.94. The van der Waals surface area contributed by atoms with Crippen molar-refractivity contribution in [3.8, 4) is 0 Å². The van der Waals surface area contributed by atoms with Crippen molar-refractivity contribution in [3.63, 3.8) is 0 Å². The molecule has 0 rings (SSSR count). The van der Waals surface area contributed by atoms with E-state index in [9.17, 15) is 4.79 Å². The fraction of sp³-hybridized carbons (Fsp3) is 0.944. The van der Waals surface area contributed by atoms with Crippen LogP contribution in [0.1, 0.15) is 91.9 Å². The Bertz CT molecular complexity index is 223. The van der Waals surface area contributed by atoms with Gasteiger partial charge in [-0.3, -0.25) is 4.79 Å². The molecular weight excluding hydrogens is 248 g/mol. The fourth-order valence-corrected chi connectivity index (χ4v) is 2.36. The second kappa shape index (κ2) is 13.5. The number of carbonyl (C=O) groups excluding carboxylic acids is 1. The van der Waals surface area contributed by atoms with E-state index in [-0.39, 0.29) is 5.97 Å². The van der Waals surface area contributed by atoms with Gasteiger partial charge in [-0.25, -0.2) is 0 Å². The van der Waals surface area contributed by atoms with E-state index in [0.29, 0.717) is 18.9 Å². The molecule has 1 unspecified atom stereocenters. The van der Waals surface area contributed by atoms with Gasteiger partial charge in [-0.15, -0.1) is 0 Å². The summed E-state index contributed by atoms with van der Waals surface area (Å²) in [5.74, 6) is 1.36. The van der Waals surface area contributed by atoms with E-state index >= 15 is 0 Å². The SMILES string of the molecule is CCCCC(CC)COC(=O)CCCCCCC(C)C. The topological polar surface area (TPSA) is 26.3 Å². The molecule has 0 heterocycles. The lowest BCUT2D eigenvalue weighted by Crippen LogP contribution is -2.13. The Hall–Kier alpha value is -0.530. The summed E-state index contributed by atoms with van der Waals surface area (Å²) in [4.78, 5) is 11.7. The second-order valence-electron chi connectivity index (χ2n) is 6.45. The van der Waals surface area contributed by atoms with Crippen LogP contribution in [0.4, 0.5) is 0 Å². The third-order valence-electron chi connectivity index (χ3n) is 3.94. The number of unbranched alkanes of at least 4 members (excludes halogenated alkanes) is 4. The highest BCUT2D eigenvalue weighted by molar-refractivity contribution is 5.69.